The zero-order valence-electron chi connectivity index (χ0n) is 16.7. The zero-order chi connectivity index (χ0) is 19.3. The number of nitrogens with one attached hydrogen (secondary N) is 1. The van der Waals surface area contributed by atoms with E-state index in [-0.39, 0.29) is 0 Å². The second-order valence-electron chi connectivity index (χ2n) is 7.93. The first-order valence-electron chi connectivity index (χ1n) is 10.6. The Morgan fingerprint density at radius 1 is 1.04 bits per heavy atom. The van der Waals surface area contributed by atoms with Crippen LogP contribution in [-0.2, 0) is 12.8 Å². The number of rotatable bonds is 4. The van der Waals surface area contributed by atoms with Gasteiger partial charge in [-0.25, -0.2) is 4.98 Å². The molecule has 5 heteroatoms. The lowest BCUT2D eigenvalue weighted by molar-refractivity contribution is 0.183. The molecule has 2 aromatic rings. The molecule has 1 aliphatic heterocycles. The Morgan fingerprint density at radius 3 is 2.57 bits per heavy atom. The molecule has 0 amide bonds. The number of pyridine rings is 1. The normalized spacial score (nSPS) is 18.1. The summed E-state index contributed by atoms with van der Waals surface area (Å²) in [4.78, 5) is 6.80. The highest BCUT2D eigenvalue weighted by atomic mass is 35.5. The predicted octanol–water partition coefficient (Wildman–Crippen LogP) is 5.29. The van der Waals surface area contributed by atoms with Crippen LogP contribution in [0, 0.1) is 0 Å². The predicted molar refractivity (Wildman–Crippen MR) is 116 cm³/mol. The molecule has 0 spiro atoms. The summed E-state index contributed by atoms with van der Waals surface area (Å²) in [7, 11) is 2.05. The van der Waals surface area contributed by atoms with Gasteiger partial charge in [0.25, 0.3) is 0 Å². The van der Waals surface area contributed by atoms with Crippen LogP contribution in [0.3, 0.4) is 0 Å². The van der Waals surface area contributed by atoms with E-state index in [2.05, 4.69) is 21.3 Å². The van der Waals surface area contributed by atoms with E-state index in [1.165, 1.54) is 36.8 Å². The average Bonchev–Trinajstić information content (AvgIpc) is 3.11. The Morgan fingerprint density at radius 2 is 1.82 bits per heavy atom. The minimum atomic E-state index is 0.333. The van der Waals surface area contributed by atoms with Gasteiger partial charge in [0.2, 0.25) is 0 Å². The third-order valence-electron chi connectivity index (χ3n) is 5.96. The van der Waals surface area contributed by atoms with Gasteiger partial charge in [0.1, 0.15) is 11.6 Å². The van der Waals surface area contributed by atoms with Crippen LogP contribution in [0.5, 0.6) is 5.75 Å². The molecule has 1 aliphatic carbocycles. The van der Waals surface area contributed by atoms with E-state index in [0.717, 1.165) is 61.1 Å². The van der Waals surface area contributed by atoms with Crippen LogP contribution in [0.15, 0.2) is 30.5 Å². The maximum Gasteiger partial charge on any atom is 0.138 e. The number of nitrogens with zero attached hydrogens (tertiary/aromatic N) is 2. The molecule has 1 N–H and O–H groups in total. The molecule has 2 heterocycles. The molecule has 0 saturated heterocycles. The van der Waals surface area contributed by atoms with Gasteiger partial charge in [0, 0.05) is 7.05 Å². The van der Waals surface area contributed by atoms with E-state index in [0.29, 0.717) is 6.10 Å². The van der Waals surface area contributed by atoms with Gasteiger partial charge in [-0.15, -0.1) is 0 Å². The van der Waals surface area contributed by atoms with Crippen molar-refractivity contribution < 1.29 is 4.74 Å². The van der Waals surface area contributed by atoms with Crippen LogP contribution in [0.1, 0.15) is 49.7 Å². The minimum Gasteiger partial charge on any atom is -0.489 e. The minimum absolute atomic E-state index is 0.333. The number of benzene rings is 1. The first-order chi connectivity index (χ1) is 13.7. The van der Waals surface area contributed by atoms with Crippen molar-refractivity contribution in [1.29, 1.82) is 0 Å². The molecule has 1 aromatic heterocycles. The summed E-state index contributed by atoms with van der Waals surface area (Å²) >= 11 is 6.62. The van der Waals surface area contributed by atoms with E-state index in [1.54, 1.807) is 0 Å². The fraction of sp³-hybridized carbons (Fsp3) is 0.522. The molecule has 2 aliphatic rings. The third-order valence-corrected chi connectivity index (χ3v) is 6.26. The van der Waals surface area contributed by atoms with Crippen molar-refractivity contribution in [3.63, 3.8) is 0 Å². The van der Waals surface area contributed by atoms with E-state index >= 15 is 0 Å². The van der Waals surface area contributed by atoms with Gasteiger partial charge in [-0.2, -0.15) is 0 Å². The number of hydrogen-bond donors (Lipinski definition) is 1. The Balaban J connectivity index is 1.53. The molecule has 0 atom stereocenters. The van der Waals surface area contributed by atoms with E-state index in [1.807, 2.05) is 31.4 Å². The molecule has 4 rings (SSSR count). The number of hydrogen-bond acceptors (Lipinski definition) is 4. The summed E-state index contributed by atoms with van der Waals surface area (Å²) < 4.78 is 6.19. The molecule has 1 aromatic carbocycles. The van der Waals surface area contributed by atoms with Crippen molar-refractivity contribution in [2.45, 2.75) is 57.5 Å². The van der Waals surface area contributed by atoms with Crippen LogP contribution >= 0.6 is 11.6 Å². The molecular weight excluding hydrogens is 370 g/mol. The van der Waals surface area contributed by atoms with Crippen molar-refractivity contribution in [3.05, 3.63) is 46.6 Å². The second kappa shape index (κ2) is 9.15. The molecule has 150 valence electrons. The molecule has 0 unspecified atom stereocenters. The molecule has 0 radical (unpaired) electrons. The van der Waals surface area contributed by atoms with Crippen molar-refractivity contribution >= 4 is 23.1 Å². The lowest BCUT2D eigenvalue weighted by atomic mass is 10.00. The van der Waals surface area contributed by atoms with Crippen LogP contribution in [-0.4, -0.2) is 31.2 Å². The van der Waals surface area contributed by atoms with Crippen LogP contribution in [0.25, 0.3) is 0 Å². The Hall–Kier alpha value is -1.78. The highest BCUT2D eigenvalue weighted by Crippen LogP contribution is 2.36. The number of ether oxygens (including phenoxy) is 1. The van der Waals surface area contributed by atoms with Crippen molar-refractivity contribution in [2.75, 3.05) is 25.0 Å². The largest absolute Gasteiger partial charge is 0.489 e. The number of fused-ring (bicyclic) bond motifs is 1. The standard InChI is InChI=1S/C23H30ClN3O/c1-27(23-20-13-15-25-14-12-17(20)8-10-21(23)24)22-11-9-19(16-26-22)28-18-6-4-2-3-5-7-18/h8-11,16,18,25H,2-7,12-15H2,1H3. The fourth-order valence-electron chi connectivity index (χ4n) is 4.39. The summed E-state index contributed by atoms with van der Waals surface area (Å²) in [6.45, 7) is 2.00. The number of anilines is 2. The van der Waals surface area contributed by atoms with Gasteiger partial charge in [-0.1, -0.05) is 30.5 Å². The van der Waals surface area contributed by atoms with Gasteiger partial charge >= 0.3 is 0 Å². The van der Waals surface area contributed by atoms with Crippen molar-refractivity contribution in [1.82, 2.24) is 10.3 Å². The van der Waals surface area contributed by atoms with Gasteiger partial charge in [0.05, 0.1) is 23.0 Å². The van der Waals surface area contributed by atoms with E-state index in [4.69, 9.17) is 16.3 Å². The first kappa shape index (κ1) is 19.5. The quantitative estimate of drug-likeness (QED) is 0.708. The highest BCUT2D eigenvalue weighted by Gasteiger charge is 2.20. The summed E-state index contributed by atoms with van der Waals surface area (Å²) in [5, 5.41) is 4.26. The lowest BCUT2D eigenvalue weighted by Gasteiger charge is -2.25. The molecular formula is C23H30ClN3O. The Kier molecular flexibility index (Phi) is 6.38. The maximum atomic E-state index is 6.62. The summed E-state index contributed by atoms with van der Waals surface area (Å²) in [5.41, 5.74) is 3.79. The van der Waals surface area contributed by atoms with Crippen LogP contribution in [0.4, 0.5) is 11.5 Å². The van der Waals surface area contributed by atoms with Crippen molar-refractivity contribution in [2.24, 2.45) is 0 Å². The van der Waals surface area contributed by atoms with Gasteiger partial charge in [-0.05, 0) is 80.9 Å². The second-order valence-corrected chi connectivity index (χ2v) is 8.33. The van der Waals surface area contributed by atoms with Crippen LogP contribution < -0.4 is 15.0 Å². The third kappa shape index (κ3) is 4.44. The molecule has 28 heavy (non-hydrogen) atoms. The van der Waals surface area contributed by atoms with E-state index in [9.17, 15) is 0 Å². The smallest absolute Gasteiger partial charge is 0.138 e. The van der Waals surface area contributed by atoms with E-state index < -0.39 is 0 Å². The zero-order valence-corrected chi connectivity index (χ0v) is 17.5. The molecule has 1 saturated carbocycles. The van der Waals surface area contributed by atoms with Gasteiger partial charge in [-0.3, -0.25) is 0 Å². The fourth-order valence-corrected chi connectivity index (χ4v) is 4.70. The maximum absolute atomic E-state index is 6.62. The van der Waals surface area contributed by atoms with Gasteiger partial charge in [0.15, 0.2) is 0 Å². The van der Waals surface area contributed by atoms with Crippen molar-refractivity contribution in [3.8, 4) is 5.75 Å². The molecule has 0 bridgehead atoms. The molecule has 1 fully saturated rings. The SMILES string of the molecule is CN(c1ccc(OC2CCCCCC2)cn1)c1c(Cl)ccc2c1CCNCC2. The Labute approximate surface area is 173 Å². The summed E-state index contributed by atoms with van der Waals surface area (Å²) in [6.07, 6.45) is 11.7. The highest BCUT2D eigenvalue weighted by molar-refractivity contribution is 6.33. The number of aromatic nitrogens is 1. The molecule has 4 nitrogen and oxygen atoms in total. The number of halogens is 1. The van der Waals surface area contributed by atoms with Crippen LogP contribution in [0.2, 0.25) is 5.02 Å². The summed E-state index contributed by atoms with van der Waals surface area (Å²) in [5.74, 6) is 1.76. The monoisotopic (exact) mass is 399 g/mol. The van der Waals surface area contributed by atoms with Gasteiger partial charge < -0.3 is 15.0 Å². The summed E-state index contributed by atoms with van der Waals surface area (Å²) in [6, 6.07) is 8.26. The average molecular weight is 400 g/mol. The topological polar surface area (TPSA) is 37.4 Å². The first-order valence-corrected chi connectivity index (χ1v) is 11.0. The lowest BCUT2D eigenvalue weighted by Crippen LogP contribution is -2.18. The Bertz CT molecular complexity index is 785.